The zero-order valence-corrected chi connectivity index (χ0v) is 15.5. The van der Waals surface area contributed by atoms with Crippen molar-refractivity contribution in [1.29, 1.82) is 0 Å². The second-order valence-corrected chi connectivity index (χ2v) is 6.99. The summed E-state index contributed by atoms with van der Waals surface area (Å²) in [4.78, 5) is 31.1. The highest BCUT2D eigenvalue weighted by atomic mass is 32.1. The molecule has 8 heteroatoms. The first-order valence-corrected chi connectivity index (χ1v) is 9.26. The molecule has 1 aliphatic carbocycles. The summed E-state index contributed by atoms with van der Waals surface area (Å²) in [5.74, 6) is 0.307. The standard InChI is InChI=1S/C19H19N3O4S/c1-2-26-13-8-9(6-7-11(13)23)14-15-10(4-3-5-12(15)24)20-17-16(14)18(25)22-19(27)21-17/h6-8,14,23H,2-5H2,1H3,(H3,20,21,22,25,27)/t14-/m0/s1. The van der Waals surface area contributed by atoms with Gasteiger partial charge in [-0.3, -0.25) is 14.6 Å². The number of phenolic OH excluding ortho intramolecular Hbond substituents is 1. The van der Waals surface area contributed by atoms with Gasteiger partial charge in [0, 0.05) is 23.6 Å². The molecule has 140 valence electrons. The zero-order chi connectivity index (χ0) is 19.1. The number of phenols is 1. The molecule has 1 aromatic carbocycles. The fourth-order valence-electron chi connectivity index (χ4n) is 3.81. The molecule has 7 nitrogen and oxygen atoms in total. The third-order valence-corrected chi connectivity index (χ3v) is 5.11. The molecule has 0 bridgehead atoms. The van der Waals surface area contributed by atoms with E-state index in [-0.39, 0.29) is 21.9 Å². The molecule has 0 amide bonds. The van der Waals surface area contributed by atoms with Gasteiger partial charge in [0.2, 0.25) is 0 Å². The van der Waals surface area contributed by atoms with Crippen LogP contribution in [0.25, 0.3) is 0 Å². The van der Waals surface area contributed by atoms with E-state index in [9.17, 15) is 14.7 Å². The number of nitrogens with one attached hydrogen (secondary N) is 3. The van der Waals surface area contributed by atoms with E-state index in [1.165, 1.54) is 6.07 Å². The van der Waals surface area contributed by atoms with Gasteiger partial charge < -0.3 is 20.1 Å². The summed E-state index contributed by atoms with van der Waals surface area (Å²) in [6.45, 7) is 2.21. The predicted molar refractivity (Wildman–Crippen MR) is 103 cm³/mol. The lowest BCUT2D eigenvalue weighted by Gasteiger charge is -2.33. The fraction of sp³-hybridized carbons (Fsp3) is 0.316. The summed E-state index contributed by atoms with van der Waals surface area (Å²) >= 11 is 5.10. The lowest BCUT2D eigenvalue weighted by Crippen LogP contribution is -2.32. The predicted octanol–water partition coefficient (Wildman–Crippen LogP) is 3.10. The van der Waals surface area contributed by atoms with Crippen molar-refractivity contribution in [3.8, 4) is 11.5 Å². The van der Waals surface area contributed by atoms with Crippen LogP contribution in [-0.4, -0.2) is 27.5 Å². The minimum absolute atomic E-state index is 0.0142. The molecule has 0 fully saturated rings. The summed E-state index contributed by atoms with van der Waals surface area (Å²) in [6.07, 6.45) is 1.93. The molecule has 4 rings (SSSR count). The Balaban J connectivity index is 1.98. The molecule has 4 N–H and O–H groups in total. The quantitative estimate of drug-likeness (QED) is 0.605. The molecular weight excluding hydrogens is 366 g/mol. The number of H-pyrrole nitrogens is 2. The second kappa shape index (κ2) is 6.70. The van der Waals surface area contributed by atoms with E-state index in [1.54, 1.807) is 12.1 Å². The number of ketones is 1. The number of hydrogen-bond acceptors (Lipinski definition) is 6. The van der Waals surface area contributed by atoms with Gasteiger partial charge in [0.15, 0.2) is 22.1 Å². The molecule has 0 spiro atoms. The van der Waals surface area contributed by atoms with E-state index >= 15 is 0 Å². The highest BCUT2D eigenvalue weighted by Crippen LogP contribution is 2.44. The SMILES string of the molecule is CCOc1cc([C@H]2C3=C(CCCC3=O)Nc3[nH]c(=S)[nH]c(=O)c32)ccc1O. The fourth-order valence-corrected chi connectivity index (χ4v) is 4.00. The van der Waals surface area contributed by atoms with Crippen LogP contribution in [0.5, 0.6) is 11.5 Å². The van der Waals surface area contributed by atoms with E-state index in [2.05, 4.69) is 15.3 Å². The number of aromatic hydroxyl groups is 1. The lowest BCUT2D eigenvalue weighted by atomic mass is 9.76. The van der Waals surface area contributed by atoms with Gasteiger partial charge in [0.05, 0.1) is 12.2 Å². The Bertz CT molecular complexity index is 1080. The molecule has 0 saturated carbocycles. The van der Waals surface area contributed by atoms with Gasteiger partial charge in [-0.1, -0.05) is 6.07 Å². The van der Waals surface area contributed by atoms with Crippen LogP contribution >= 0.6 is 12.2 Å². The second-order valence-electron chi connectivity index (χ2n) is 6.58. The van der Waals surface area contributed by atoms with Gasteiger partial charge >= 0.3 is 0 Å². The van der Waals surface area contributed by atoms with Crippen LogP contribution < -0.4 is 15.6 Å². The van der Waals surface area contributed by atoms with Crippen LogP contribution in [0.2, 0.25) is 0 Å². The summed E-state index contributed by atoms with van der Waals surface area (Å²) < 4.78 is 5.71. The van der Waals surface area contributed by atoms with Crippen molar-refractivity contribution in [3.05, 3.63) is 55.7 Å². The van der Waals surface area contributed by atoms with Crippen LogP contribution in [0.15, 0.2) is 34.3 Å². The summed E-state index contributed by atoms with van der Waals surface area (Å²) in [5.41, 5.74) is 2.18. The number of hydrogen-bond donors (Lipinski definition) is 4. The number of carbonyl (C=O) groups is 1. The van der Waals surface area contributed by atoms with Gasteiger partial charge in [-0.2, -0.15) is 0 Å². The summed E-state index contributed by atoms with van der Waals surface area (Å²) in [6, 6.07) is 4.92. The van der Waals surface area contributed by atoms with Crippen molar-refractivity contribution in [3.63, 3.8) is 0 Å². The molecule has 1 aromatic heterocycles. The number of anilines is 1. The molecular formula is C19H19N3O4S. The summed E-state index contributed by atoms with van der Waals surface area (Å²) in [7, 11) is 0. The molecule has 2 aromatic rings. The normalized spacial score (nSPS) is 18.6. The van der Waals surface area contributed by atoms with Crippen LogP contribution in [0.1, 0.15) is 43.2 Å². The monoisotopic (exact) mass is 385 g/mol. The van der Waals surface area contributed by atoms with Crippen LogP contribution in [-0.2, 0) is 4.79 Å². The van der Waals surface area contributed by atoms with E-state index in [1.807, 2.05) is 6.92 Å². The minimum atomic E-state index is -0.556. The zero-order valence-electron chi connectivity index (χ0n) is 14.7. The molecule has 1 aliphatic heterocycles. The topological polar surface area (TPSA) is 107 Å². The molecule has 27 heavy (non-hydrogen) atoms. The minimum Gasteiger partial charge on any atom is -0.504 e. The first-order chi connectivity index (χ1) is 13.0. The highest BCUT2D eigenvalue weighted by Gasteiger charge is 2.37. The van der Waals surface area contributed by atoms with E-state index in [0.717, 1.165) is 18.5 Å². The molecule has 1 atom stereocenters. The van der Waals surface area contributed by atoms with E-state index in [4.69, 9.17) is 17.0 Å². The molecule has 0 radical (unpaired) electrons. The number of aromatic nitrogens is 2. The smallest absolute Gasteiger partial charge is 0.257 e. The van der Waals surface area contributed by atoms with Gasteiger partial charge in [0.25, 0.3) is 5.56 Å². The van der Waals surface area contributed by atoms with Crippen molar-refractivity contribution in [2.24, 2.45) is 0 Å². The first-order valence-electron chi connectivity index (χ1n) is 8.85. The molecule has 0 saturated heterocycles. The van der Waals surface area contributed by atoms with Gasteiger partial charge in [-0.15, -0.1) is 0 Å². The average molecular weight is 385 g/mol. The Morgan fingerprint density at radius 2 is 2.07 bits per heavy atom. The van der Waals surface area contributed by atoms with Crippen molar-refractivity contribution in [2.75, 3.05) is 11.9 Å². The maximum atomic E-state index is 12.8. The average Bonchev–Trinajstić information content (AvgIpc) is 2.62. The first kappa shape index (κ1) is 17.5. The molecule has 2 heterocycles. The highest BCUT2D eigenvalue weighted by molar-refractivity contribution is 7.71. The third kappa shape index (κ3) is 2.95. The number of ether oxygens (including phenoxy) is 1. The van der Waals surface area contributed by atoms with Gasteiger partial charge in [0.1, 0.15) is 5.82 Å². The Hall–Kier alpha value is -2.87. The van der Waals surface area contributed by atoms with Crippen LogP contribution in [0.3, 0.4) is 0 Å². The number of fused-ring (bicyclic) bond motifs is 1. The maximum Gasteiger partial charge on any atom is 0.257 e. The van der Waals surface area contributed by atoms with Crippen molar-refractivity contribution in [2.45, 2.75) is 32.1 Å². The number of allylic oxidation sites excluding steroid dienone is 2. The lowest BCUT2D eigenvalue weighted by molar-refractivity contribution is -0.116. The summed E-state index contributed by atoms with van der Waals surface area (Å²) in [5, 5.41) is 13.2. The number of aromatic amines is 2. The van der Waals surface area contributed by atoms with Crippen molar-refractivity contribution >= 4 is 23.8 Å². The largest absolute Gasteiger partial charge is 0.504 e. The number of rotatable bonds is 3. The Morgan fingerprint density at radius 3 is 2.85 bits per heavy atom. The number of Topliss-reactive ketones (excluding diaryl/α,β-unsaturated/α-hetero) is 1. The van der Waals surface area contributed by atoms with Crippen molar-refractivity contribution in [1.82, 2.24) is 9.97 Å². The van der Waals surface area contributed by atoms with Gasteiger partial charge in [-0.05, 0) is 49.7 Å². The van der Waals surface area contributed by atoms with Crippen molar-refractivity contribution < 1.29 is 14.6 Å². The Labute approximate surface area is 160 Å². The van der Waals surface area contributed by atoms with E-state index in [0.29, 0.717) is 41.3 Å². The van der Waals surface area contributed by atoms with E-state index < -0.39 is 5.92 Å². The maximum absolute atomic E-state index is 12.8. The molecule has 0 unspecified atom stereocenters. The Kier molecular flexibility index (Phi) is 4.35. The van der Waals surface area contributed by atoms with Crippen LogP contribution in [0, 0.1) is 4.77 Å². The number of carbonyl (C=O) groups excluding carboxylic acids is 1. The van der Waals surface area contributed by atoms with Crippen LogP contribution in [0.4, 0.5) is 5.82 Å². The third-order valence-electron chi connectivity index (χ3n) is 4.91. The Morgan fingerprint density at radius 1 is 1.26 bits per heavy atom. The molecule has 2 aliphatic rings. The van der Waals surface area contributed by atoms with Gasteiger partial charge in [-0.25, -0.2) is 0 Å². The number of benzene rings is 1.